The monoisotopic (exact) mass is 257 g/mol. The topological polar surface area (TPSA) is 26.0 Å². The first-order chi connectivity index (χ1) is 7.77. The van der Waals surface area contributed by atoms with E-state index in [2.05, 4.69) is 0 Å². The number of hydrogen-bond acceptors (Lipinski definition) is 1. The maximum absolute atomic E-state index is 13.1. The third kappa shape index (κ3) is 3.12. The molecule has 0 bridgehead atoms. The van der Waals surface area contributed by atoms with Crippen molar-refractivity contribution in [2.75, 3.05) is 6.54 Å². The first-order valence-electron chi connectivity index (χ1n) is 4.66. The molecule has 0 radical (unpaired) electrons. The lowest BCUT2D eigenvalue weighted by Crippen LogP contribution is -2.32. The van der Waals surface area contributed by atoms with E-state index in [1.165, 1.54) is 0 Å². The van der Waals surface area contributed by atoms with Gasteiger partial charge in [0.05, 0.1) is 5.92 Å². The van der Waals surface area contributed by atoms with Crippen LogP contribution in [0, 0.1) is 23.4 Å². The molecule has 0 saturated heterocycles. The van der Waals surface area contributed by atoms with Crippen LogP contribution >= 0.6 is 0 Å². The van der Waals surface area contributed by atoms with Gasteiger partial charge in [0.2, 0.25) is 0 Å². The van der Waals surface area contributed by atoms with Crippen molar-refractivity contribution in [1.29, 1.82) is 0 Å². The summed E-state index contributed by atoms with van der Waals surface area (Å²) in [7, 11) is 0. The van der Waals surface area contributed by atoms with E-state index >= 15 is 0 Å². The van der Waals surface area contributed by atoms with E-state index in [9.17, 15) is 26.3 Å². The van der Waals surface area contributed by atoms with Crippen molar-refractivity contribution in [1.82, 2.24) is 0 Å². The van der Waals surface area contributed by atoms with Gasteiger partial charge in [-0.1, -0.05) is 6.07 Å². The molecule has 0 aliphatic rings. The van der Waals surface area contributed by atoms with E-state index < -0.39 is 48.1 Å². The van der Waals surface area contributed by atoms with Gasteiger partial charge in [0.15, 0.2) is 17.5 Å². The summed E-state index contributed by atoms with van der Waals surface area (Å²) in [6, 6.07) is 1.36. The Labute approximate surface area is 93.2 Å². The number of halogens is 6. The van der Waals surface area contributed by atoms with Crippen LogP contribution in [-0.4, -0.2) is 12.7 Å². The zero-order valence-corrected chi connectivity index (χ0v) is 8.49. The average molecular weight is 257 g/mol. The predicted octanol–water partition coefficient (Wildman–Crippen LogP) is 2.78. The fourth-order valence-electron chi connectivity index (χ4n) is 1.32. The van der Waals surface area contributed by atoms with Gasteiger partial charge < -0.3 is 5.73 Å². The molecule has 1 aromatic carbocycles. The molecule has 96 valence electrons. The molecule has 1 aromatic rings. The summed E-state index contributed by atoms with van der Waals surface area (Å²) in [6.07, 6.45) is -5.42. The Hall–Kier alpha value is -1.24. The van der Waals surface area contributed by atoms with Crippen LogP contribution in [0.5, 0.6) is 0 Å². The van der Waals surface area contributed by atoms with E-state index in [0.717, 1.165) is 6.07 Å². The van der Waals surface area contributed by atoms with E-state index in [1.807, 2.05) is 0 Å². The van der Waals surface area contributed by atoms with E-state index in [4.69, 9.17) is 5.73 Å². The van der Waals surface area contributed by atoms with Crippen LogP contribution < -0.4 is 5.73 Å². The minimum Gasteiger partial charge on any atom is -0.330 e. The lowest BCUT2D eigenvalue weighted by Gasteiger charge is -2.18. The van der Waals surface area contributed by atoms with Crippen molar-refractivity contribution in [3.05, 3.63) is 35.1 Å². The minimum absolute atomic E-state index is 0.545. The van der Waals surface area contributed by atoms with Gasteiger partial charge in [0, 0.05) is 6.54 Å². The van der Waals surface area contributed by atoms with Crippen molar-refractivity contribution in [2.24, 2.45) is 11.7 Å². The fraction of sp³-hybridized carbons (Fsp3) is 0.400. The molecular weight excluding hydrogens is 248 g/mol. The normalized spacial score (nSPS) is 13.8. The van der Waals surface area contributed by atoms with E-state index in [-0.39, 0.29) is 0 Å². The largest absolute Gasteiger partial charge is 0.393 e. The Balaban J connectivity index is 2.99. The van der Waals surface area contributed by atoms with Crippen LogP contribution in [0.4, 0.5) is 26.3 Å². The number of nitrogens with two attached hydrogens (primary N) is 1. The summed E-state index contributed by atoms with van der Waals surface area (Å²) in [5.41, 5.74) is 4.37. The smallest absolute Gasteiger partial charge is 0.330 e. The van der Waals surface area contributed by atoms with Crippen LogP contribution in [0.1, 0.15) is 5.56 Å². The molecule has 0 aliphatic carbocycles. The molecule has 0 spiro atoms. The van der Waals surface area contributed by atoms with Gasteiger partial charge in [-0.15, -0.1) is 0 Å². The highest BCUT2D eigenvalue weighted by Gasteiger charge is 2.39. The lowest BCUT2D eigenvalue weighted by molar-refractivity contribution is -0.171. The summed E-state index contributed by atoms with van der Waals surface area (Å²) < 4.78 is 75.5. The Bertz CT molecular complexity index is 401. The van der Waals surface area contributed by atoms with Crippen molar-refractivity contribution >= 4 is 0 Å². The Morgan fingerprint density at radius 3 is 2.12 bits per heavy atom. The highest BCUT2D eigenvalue weighted by molar-refractivity contribution is 5.21. The number of hydrogen-bond donors (Lipinski definition) is 1. The zero-order chi connectivity index (χ0) is 13.2. The number of rotatable bonds is 3. The summed E-state index contributed by atoms with van der Waals surface area (Å²) in [5, 5.41) is 0. The minimum atomic E-state index is -4.61. The molecule has 0 aromatic heterocycles. The third-order valence-corrected chi connectivity index (χ3v) is 2.33. The second kappa shape index (κ2) is 4.95. The second-order valence-electron chi connectivity index (χ2n) is 3.51. The molecule has 1 atom stereocenters. The first-order valence-corrected chi connectivity index (χ1v) is 4.66. The molecule has 0 aliphatic heterocycles. The van der Waals surface area contributed by atoms with Gasteiger partial charge >= 0.3 is 6.18 Å². The zero-order valence-electron chi connectivity index (χ0n) is 8.49. The van der Waals surface area contributed by atoms with Crippen LogP contribution in [0.2, 0.25) is 0 Å². The van der Waals surface area contributed by atoms with Crippen LogP contribution in [0.3, 0.4) is 0 Å². The van der Waals surface area contributed by atoms with Crippen molar-refractivity contribution in [2.45, 2.75) is 12.6 Å². The molecule has 0 saturated carbocycles. The van der Waals surface area contributed by atoms with Crippen LogP contribution in [-0.2, 0) is 6.42 Å². The Kier molecular flexibility index (Phi) is 4.03. The van der Waals surface area contributed by atoms with E-state index in [1.54, 1.807) is 0 Å². The molecule has 0 heterocycles. The van der Waals surface area contributed by atoms with Crippen molar-refractivity contribution in [3.8, 4) is 0 Å². The van der Waals surface area contributed by atoms with Crippen LogP contribution in [0.25, 0.3) is 0 Å². The molecule has 17 heavy (non-hydrogen) atoms. The maximum Gasteiger partial charge on any atom is 0.393 e. The van der Waals surface area contributed by atoms with Gasteiger partial charge in [-0.2, -0.15) is 13.2 Å². The highest BCUT2D eigenvalue weighted by atomic mass is 19.4. The summed E-state index contributed by atoms with van der Waals surface area (Å²) >= 11 is 0. The summed E-state index contributed by atoms with van der Waals surface area (Å²) in [5.74, 6) is -6.81. The van der Waals surface area contributed by atoms with Gasteiger partial charge in [0.1, 0.15) is 0 Å². The summed E-state index contributed by atoms with van der Waals surface area (Å²) in [4.78, 5) is 0. The third-order valence-electron chi connectivity index (χ3n) is 2.33. The van der Waals surface area contributed by atoms with Crippen LogP contribution in [0.15, 0.2) is 12.1 Å². The molecule has 1 rings (SSSR count). The molecule has 0 fully saturated rings. The highest BCUT2D eigenvalue weighted by Crippen LogP contribution is 2.29. The number of alkyl halides is 3. The first kappa shape index (κ1) is 13.8. The van der Waals surface area contributed by atoms with Gasteiger partial charge in [0.25, 0.3) is 0 Å². The number of benzene rings is 1. The molecule has 1 nitrogen and oxygen atoms in total. The fourth-order valence-corrected chi connectivity index (χ4v) is 1.32. The Morgan fingerprint density at radius 2 is 1.65 bits per heavy atom. The quantitative estimate of drug-likeness (QED) is 0.654. The standard InChI is InChI=1S/C10H9F6N/c11-7-2-1-5(8(12)9(7)13)3-6(4-17)10(14,15)16/h1-2,6H,3-4,17H2. The Morgan fingerprint density at radius 1 is 1.06 bits per heavy atom. The molecule has 7 heteroatoms. The maximum atomic E-state index is 13.1. The average Bonchev–Trinajstić information content (AvgIpc) is 2.23. The SMILES string of the molecule is NCC(Cc1ccc(F)c(F)c1F)C(F)(F)F. The molecule has 1 unspecified atom stereocenters. The molecule has 0 amide bonds. The predicted molar refractivity (Wildman–Crippen MR) is 48.6 cm³/mol. The van der Waals surface area contributed by atoms with Gasteiger partial charge in [-0.3, -0.25) is 0 Å². The van der Waals surface area contributed by atoms with Gasteiger partial charge in [-0.25, -0.2) is 13.2 Å². The van der Waals surface area contributed by atoms with E-state index in [0.29, 0.717) is 6.07 Å². The lowest BCUT2D eigenvalue weighted by atomic mass is 9.98. The van der Waals surface area contributed by atoms with Crippen molar-refractivity contribution < 1.29 is 26.3 Å². The molecular formula is C10H9F6N. The summed E-state index contributed by atoms with van der Waals surface area (Å²) in [6.45, 7) is -0.748. The van der Waals surface area contributed by atoms with Gasteiger partial charge in [-0.05, 0) is 18.1 Å². The second-order valence-corrected chi connectivity index (χ2v) is 3.51. The molecule has 2 N–H and O–H groups in total. The van der Waals surface area contributed by atoms with Crippen molar-refractivity contribution in [3.63, 3.8) is 0 Å².